The molecule has 0 aliphatic heterocycles. The van der Waals surface area contributed by atoms with Gasteiger partial charge in [-0.3, -0.25) is 0 Å². The second kappa shape index (κ2) is 5.83. The fourth-order valence-corrected chi connectivity index (χ4v) is 1.31. The number of hydrogen-bond donors (Lipinski definition) is 3. The first-order valence-electron chi connectivity index (χ1n) is 4.01. The van der Waals surface area contributed by atoms with Gasteiger partial charge in [0.1, 0.15) is 0 Å². The van der Waals surface area contributed by atoms with Crippen molar-refractivity contribution in [3.63, 3.8) is 0 Å². The Labute approximate surface area is 77.7 Å². The molecule has 12 heavy (non-hydrogen) atoms. The van der Waals surface area contributed by atoms with Crippen molar-refractivity contribution in [3.05, 3.63) is 0 Å². The van der Waals surface area contributed by atoms with Crippen LogP contribution in [0.5, 0.6) is 0 Å². The molecule has 0 amide bonds. The SMILES string of the molecule is CC1(O)CCCCC1.[O]=[V]([OH])[OH]. The van der Waals surface area contributed by atoms with Gasteiger partial charge in [0.25, 0.3) is 0 Å². The summed E-state index contributed by atoms with van der Waals surface area (Å²) < 4.78 is 23.2. The molecule has 1 aliphatic carbocycles. The molecule has 4 nitrogen and oxygen atoms in total. The van der Waals surface area contributed by atoms with Crippen LogP contribution in [0.25, 0.3) is 0 Å². The summed E-state index contributed by atoms with van der Waals surface area (Å²) in [6.07, 6.45) is 5.76. The normalized spacial score (nSPS) is 20.7. The molecule has 0 aromatic carbocycles. The molecule has 0 saturated heterocycles. The predicted octanol–water partition coefficient (Wildman–Crippen LogP) is 0.466. The Kier molecular flexibility index (Phi) is 5.96. The maximum absolute atomic E-state index is 9.37. The molecular formula is C7H16O4V. The third-order valence-electron chi connectivity index (χ3n) is 1.93. The monoisotopic (exact) mass is 215 g/mol. The topological polar surface area (TPSA) is 77.8 Å². The Morgan fingerprint density at radius 3 is 1.67 bits per heavy atom. The molecule has 73 valence electrons. The van der Waals surface area contributed by atoms with Crippen molar-refractivity contribution < 1.29 is 32.6 Å². The van der Waals surface area contributed by atoms with Crippen LogP contribution in [-0.4, -0.2) is 18.8 Å². The van der Waals surface area contributed by atoms with Crippen molar-refractivity contribution >= 4 is 0 Å². The van der Waals surface area contributed by atoms with Crippen LogP contribution in [0, 0.1) is 0 Å². The zero-order valence-corrected chi connectivity index (χ0v) is 8.63. The van der Waals surface area contributed by atoms with E-state index in [0.717, 1.165) is 12.8 Å². The van der Waals surface area contributed by atoms with Crippen LogP contribution in [0.15, 0.2) is 0 Å². The summed E-state index contributed by atoms with van der Waals surface area (Å²) in [6, 6.07) is 0. The molecule has 1 fully saturated rings. The van der Waals surface area contributed by atoms with E-state index in [0.29, 0.717) is 0 Å². The van der Waals surface area contributed by atoms with Crippen LogP contribution in [0.3, 0.4) is 0 Å². The first kappa shape index (κ1) is 12.3. The van der Waals surface area contributed by atoms with Gasteiger partial charge in [0, 0.05) is 0 Å². The standard InChI is InChI=1S/C7H14O.2H2O.O.V/c1-7(8)5-3-2-4-6-7;;;;/h8H,2-6H2,1H3;2*1H2;;/q;;;;+2/p-2. The van der Waals surface area contributed by atoms with Gasteiger partial charge in [-0.15, -0.1) is 0 Å². The summed E-state index contributed by atoms with van der Waals surface area (Å²) in [7, 11) is 0. The molecule has 0 radical (unpaired) electrons. The maximum atomic E-state index is 9.37. The van der Waals surface area contributed by atoms with Crippen molar-refractivity contribution in [2.75, 3.05) is 0 Å². The van der Waals surface area contributed by atoms with Crippen molar-refractivity contribution in [2.24, 2.45) is 0 Å². The van der Waals surface area contributed by atoms with Crippen LogP contribution < -0.4 is 0 Å². The summed E-state index contributed by atoms with van der Waals surface area (Å²) >= 11 is -3.44. The van der Waals surface area contributed by atoms with Crippen molar-refractivity contribution in [1.82, 2.24) is 0 Å². The molecule has 0 heterocycles. The number of hydrogen-bond acceptors (Lipinski definition) is 2. The summed E-state index contributed by atoms with van der Waals surface area (Å²) in [5, 5.41) is 9.37. The minimum atomic E-state index is -3.44. The molecule has 0 bridgehead atoms. The molecule has 0 spiro atoms. The Morgan fingerprint density at radius 1 is 1.17 bits per heavy atom. The molecule has 1 saturated carbocycles. The number of rotatable bonds is 0. The van der Waals surface area contributed by atoms with E-state index in [9.17, 15) is 5.11 Å². The summed E-state index contributed by atoms with van der Waals surface area (Å²) in [6.45, 7) is 1.94. The van der Waals surface area contributed by atoms with Crippen LogP contribution in [0.2, 0.25) is 0 Å². The zero-order valence-electron chi connectivity index (χ0n) is 7.23. The van der Waals surface area contributed by atoms with E-state index >= 15 is 0 Å². The second-order valence-corrected chi connectivity index (χ2v) is 4.10. The van der Waals surface area contributed by atoms with Crippen LogP contribution >= 0.6 is 0 Å². The molecule has 0 atom stereocenters. The van der Waals surface area contributed by atoms with Gasteiger partial charge in [-0.25, -0.2) is 0 Å². The third kappa shape index (κ3) is 8.36. The minimum absolute atomic E-state index is 0.321. The van der Waals surface area contributed by atoms with Crippen LogP contribution in [0.4, 0.5) is 0 Å². The summed E-state index contributed by atoms with van der Waals surface area (Å²) in [4.78, 5) is 0. The van der Waals surface area contributed by atoms with Crippen LogP contribution in [0.1, 0.15) is 39.0 Å². The van der Waals surface area contributed by atoms with Gasteiger partial charge in [-0.1, -0.05) is 19.3 Å². The van der Waals surface area contributed by atoms with E-state index < -0.39 is 15.8 Å². The first-order chi connectivity index (χ1) is 5.44. The Morgan fingerprint density at radius 2 is 1.50 bits per heavy atom. The number of aliphatic hydroxyl groups is 1. The Hall–Kier alpha value is 0.264. The van der Waals surface area contributed by atoms with E-state index in [4.69, 9.17) is 11.7 Å². The van der Waals surface area contributed by atoms with Gasteiger partial charge in [-0.05, 0) is 19.8 Å². The fraction of sp³-hybridized carbons (Fsp3) is 1.00. The zero-order chi connectivity index (χ0) is 9.61. The van der Waals surface area contributed by atoms with Gasteiger partial charge >= 0.3 is 27.5 Å². The molecule has 1 rings (SSSR count). The Balaban J connectivity index is 0.000000261. The second-order valence-electron chi connectivity index (χ2n) is 3.31. The molecule has 0 unspecified atom stereocenters. The molecule has 1 aliphatic rings. The van der Waals surface area contributed by atoms with Crippen molar-refractivity contribution in [3.8, 4) is 0 Å². The molecule has 0 aromatic heterocycles. The van der Waals surface area contributed by atoms with Gasteiger partial charge in [0.15, 0.2) is 0 Å². The molecular weight excluding hydrogens is 199 g/mol. The van der Waals surface area contributed by atoms with E-state index in [-0.39, 0.29) is 5.60 Å². The Bertz CT molecular complexity index is 134. The third-order valence-corrected chi connectivity index (χ3v) is 1.93. The van der Waals surface area contributed by atoms with E-state index in [1.54, 1.807) is 0 Å². The molecule has 5 heteroatoms. The van der Waals surface area contributed by atoms with Crippen LogP contribution in [-0.2, 0) is 19.5 Å². The van der Waals surface area contributed by atoms with Crippen molar-refractivity contribution in [1.29, 1.82) is 0 Å². The molecule has 3 N–H and O–H groups in total. The van der Waals surface area contributed by atoms with Gasteiger partial charge in [0.2, 0.25) is 0 Å². The van der Waals surface area contributed by atoms with Crippen molar-refractivity contribution in [2.45, 2.75) is 44.6 Å². The average Bonchev–Trinajstić information content (AvgIpc) is 1.85. The molecule has 0 aromatic rings. The summed E-state index contributed by atoms with van der Waals surface area (Å²) in [5.41, 5.74) is -0.321. The van der Waals surface area contributed by atoms with Gasteiger partial charge in [-0.2, -0.15) is 0 Å². The fourth-order valence-electron chi connectivity index (χ4n) is 1.31. The predicted molar refractivity (Wildman–Crippen MR) is 38.8 cm³/mol. The van der Waals surface area contributed by atoms with E-state index in [1.807, 2.05) is 6.92 Å². The quantitative estimate of drug-likeness (QED) is 0.548. The van der Waals surface area contributed by atoms with E-state index in [2.05, 4.69) is 0 Å². The van der Waals surface area contributed by atoms with E-state index in [1.165, 1.54) is 19.3 Å². The summed E-state index contributed by atoms with van der Waals surface area (Å²) in [5.74, 6) is 0. The van der Waals surface area contributed by atoms with Gasteiger partial charge < -0.3 is 5.11 Å². The average molecular weight is 215 g/mol. The van der Waals surface area contributed by atoms with Gasteiger partial charge in [0.05, 0.1) is 5.60 Å². The first-order valence-corrected chi connectivity index (χ1v) is 5.83.